The predicted molar refractivity (Wildman–Crippen MR) is 142 cm³/mol. The Morgan fingerprint density at radius 1 is 1.15 bits per heavy atom. The van der Waals surface area contributed by atoms with Gasteiger partial charge in [-0.15, -0.1) is 11.8 Å². The summed E-state index contributed by atoms with van der Waals surface area (Å²) < 4.78 is 32.9. The molecule has 2 aliphatic rings. The summed E-state index contributed by atoms with van der Waals surface area (Å²) in [6.45, 7) is 4.17. The number of hydrogen-bond acceptors (Lipinski definition) is 14. The van der Waals surface area contributed by atoms with Crippen LogP contribution in [-0.2, 0) is 28.5 Å². The molecule has 0 spiro atoms. The zero-order valence-corrected chi connectivity index (χ0v) is 23.5. The smallest absolute Gasteiger partial charge is 0.332 e. The molecule has 1 saturated heterocycles. The number of thioether (sulfide) groups is 1. The van der Waals surface area contributed by atoms with Crippen molar-refractivity contribution in [1.82, 2.24) is 4.98 Å². The molecule has 1 aromatic rings. The number of aliphatic hydroxyl groups is 3. The highest BCUT2D eigenvalue weighted by Gasteiger charge is 2.44. The molecule has 15 heteroatoms. The maximum atomic E-state index is 11.4. The minimum atomic E-state index is -1.25. The van der Waals surface area contributed by atoms with Gasteiger partial charge in [-0.05, 0) is 6.92 Å². The van der Waals surface area contributed by atoms with E-state index in [1.54, 1.807) is 6.92 Å². The lowest BCUT2D eigenvalue weighted by molar-refractivity contribution is -0.235. The van der Waals surface area contributed by atoms with E-state index in [4.69, 9.17) is 28.4 Å². The number of aromatic hydroxyl groups is 1. The van der Waals surface area contributed by atoms with E-state index in [0.29, 0.717) is 10.8 Å². The Morgan fingerprint density at radius 3 is 2.42 bits per heavy atom. The number of pyridine rings is 1. The summed E-state index contributed by atoms with van der Waals surface area (Å²) in [5.41, 5.74) is -1.04. The summed E-state index contributed by atoms with van der Waals surface area (Å²) in [5, 5.41) is 50.4. The Bertz CT molecular complexity index is 1000. The van der Waals surface area contributed by atoms with Crippen molar-refractivity contribution in [1.29, 1.82) is 0 Å². The topological polar surface area (TPSA) is 199 Å². The van der Waals surface area contributed by atoms with Crippen molar-refractivity contribution in [2.24, 2.45) is 10.9 Å². The third-order valence-corrected chi connectivity index (χ3v) is 7.82. The maximum absolute atomic E-state index is 11.4. The highest BCUT2D eigenvalue weighted by atomic mass is 32.2. The van der Waals surface area contributed by atoms with Crippen LogP contribution < -0.4 is 4.74 Å². The SMILES string of the molecule is COC1C(O)C(OCCOCCOCCOc2cnc(C3=NC(C)(C(=O)O)CS3)c(O)c2)OC(CO)C(C)C1O. The number of aliphatic imine (C=N–C) groups is 1. The zero-order chi connectivity index (χ0) is 29.3. The molecule has 0 saturated carbocycles. The molecule has 40 heavy (non-hydrogen) atoms. The number of hydrogen-bond donors (Lipinski definition) is 5. The number of rotatable bonds is 15. The Kier molecular flexibility index (Phi) is 12.4. The van der Waals surface area contributed by atoms with Gasteiger partial charge in [0, 0.05) is 24.8 Å². The molecular formula is C25H38N2O12S. The number of ether oxygens (including phenoxy) is 6. The third-order valence-electron chi connectivity index (χ3n) is 6.56. The first-order chi connectivity index (χ1) is 19.1. The van der Waals surface area contributed by atoms with Gasteiger partial charge in [0.25, 0.3) is 0 Å². The van der Waals surface area contributed by atoms with Crippen LogP contribution in [0.15, 0.2) is 17.3 Å². The summed E-state index contributed by atoms with van der Waals surface area (Å²) in [7, 11) is 1.37. The van der Waals surface area contributed by atoms with Crippen molar-refractivity contribution in [3.8, 4) is 11.5 Å². The molecule has 0 amide bonds. The van der Waals surface area contributed by atoms with E-state index in [1.165, 1.54) is 38.1 Å². The molecule has 2 aliphatic heterocycles. The van der Waals surface area contributed by atoms with E-state index < -0.39 is 48.1 Å². The number of aliphatic carboxylic acids is 1. The van der Waals surface area contributed by atoms with E-state index in [9.17, 15) is 30.3 Å². The zero-order valence-electron chi connectivity index (χ0n) is 22.7. The number of aromatic nitrogens is 1. The second-order valence-electron chi connectivity index (χ2n) is 9.53. The number of nitrogens with zero attached hydrogens (tertiary/aromatic N) is 2. The first-order valence-corrected chi connectivity index (χ1v) is 13.8. The fourth-order valence-corrected chi connectivity index (χ4v) is 5.21. The Labute approximate surface area is 236 Å². The van der Waals surface area contributed by atoms with Crippen molar-refractivity contribution < 1.29 is 58.7 Å². The van der Waals surface area contributed by atoms with E-state index in [-0.39, 0.29) is 63.4 Å². The minimum Gasteiger partial charge on any atom is -0.505 e. The largest absolute Gasteiger partial charge is 0.505 e. The fourth-order valence-electron chi connectivity index (χ4n) is 4.05. The second kappa shape index (κ2) is 15.2. The number of methoxy groups -OCH3 is 1. The lowest BCUT2D eigenvalue weighted by atomic mass is 9.93. The summed E-state index contributed by atoms with van der Waals surface area (Å²) in [5.74, 6) is -1.09. The van der Waals surface area contributed by atoms with Crippen LogP contribution in [-0.4, -0.2) is 137 Å². The van der Waals surface area contributed by atoms with E-state index in [0.717, 1.165) is 0 Å². The molecular weight excluding hydrogens is 552 g/mol. The first-order valence-electron chi connectivity index (χ1n) is 12.8. The van der Waals surface area contributed by atoms with Crippen LogP contribution in [0.3, 0.4) is 0 Å². The van der Waals surface area contributed by atoms with Crippen LogP contribution in [0.4, 0.5) is 0 Å². The van der Waals surface area contributed by atoms with E-state index in [2.05, 4.69) is 9.98 Å². The Morgan fingerprint density at radius 2 is 1.82 bits per heavy atom. The molecule has 7 atom stereocenters. The lowest BCUT2D eigenvalue weighted by Crippen LogP contribution is -2.46. The standard InChI is InChI=1S/C25H38N2O12S/c1-14-17(12-28)39-23(20(31)21(34-3)19(14)30)38-9-7-36-5-4-35-6-8-37-15-10-16(29)18(26-11-15)22-27-25(2,13-40-22)24(32)33/h10-11,14,17,19-21,23,28-31H,4-9,12-13H2,1-3H3,(H,32,33). The van der Waals surface area contributed by atoms with Gasteiger partial charge >= 0.3 is 5.97 Å². The van der Waals surface area contributed by atoms with Gasteiger partial charge in [0.05, 0.1) is 58.0 Å². The van der Waals surface area contributed by atoms with Gasteiger partial charge in [-0.25, -0.2) is 9.78 Å². The summed E-state index contributed by atoms with van der Waals surface area (Å²) in [4.78, 5) is 19.7. The summed E-state index contributed by atoms with van der Waals surface area (Å²) in [6.07, 6.45) is -3.62. The molecule has 0 aliphatic carbocycles. The van der Waals surface area contributed by atoms with Gasteiger partial charge in [0.15, 0.2) is 11.8 Å². The van der Waals surface area contributed by atoms with Gasteiger partial charge in [-0.3, -0.25) is 4.99 Å². The lowest BCUT2D eigenvalue weighted by Gasteiger charge is -2.28. The van der Waals surface area contributed by atoms with Crippen LogP contribution in [0.2, 0.25) is 0 Å². The molecule has 3 heterocycles. The van der Waals surface area contributed by atoms with Crippen LogP contribution >= 0.6 is 11.8 Å². The minimum absolute atomic E-state index is 0.0941. The maximum Gasteiger partial charge on any atom is 0.332 e. The number of aliphatic hydroxyl groups excluding tert-OH is 3. The van der Waals surface area contributed by atoms with E-state index in [1.807, 2.05) is 0 Å². The fraction of sp³-hybridized carbons (Fsp3) is 0.720. The van der Waals surface area contributed by atoms with Crippen molar-refractivity contribution in [2.45, 2.75) is 50.1 Å². The molecule has 226 valence electrons. The number of carbonyl (C=O) groups is 1. The molecule has 0 radical (unpaired) electrons. The van der Waals surface area contributed by atoms with Crippen LogP contribution in [0.5, 0.6) is 11.5 Å². The second-order valence-corrected chi connectivity index (χ2v) is 10.5. The third kappa shape index (κ3) is 8.24. The molecule has 3 rings (SSSR count). The van der Waals surface area contributed by atoms with Gasteiger partial charge in [-0.1, -0.05) is 6.92 Å². The van der Waals surface area contributed by atoms with Gasteiger partial charge in [0.1, 0.15) is 41.1 Å². The predicted octanol–water partition coefficient (Wildman–Crippen LogP) is -0.357. The molecule has 5 N–H and O–H groups in total. The quantitative estimate of drug-likeness (QED) is 0.166. The van der Waals surface area contributed by atoms with Crippen LogP contribution in [0, 0.1) is 5.92 Å². The summed E-state index contributed by atoms with van der Waals surface area (Å²) in [6, 6.07) is 1.39. The van der Waals surface area contributed by atoms with Crippen molar-refractivity contribution in [3.05, 3.63) is 18.0 Å². The normalized spacial score (nSPS) is 30.6. The van der Waals surface area contributed by atoms with Gasteiger partial charge < -0.3 is 54.0 Å². The average Bonchev–Trinajstić information content (AvgIpc) is 3.31. The van der Waals surface area contributed by atoms with E-state index >= 15 is 0 Å². The van der Waals surface area contributed by atoms with Crippen LogP contribution in [0.1, 0.15) is 19.5 Å². The van der Waals surface area contributed by atoms with Crippen molar-refractivity contribution >= 4 is 22.8 Å². The monoisotopic (exact) mass is 590 g/mol. The molecule has 14 nitrogen and oxygen atoms in total. The first kappa shape index (κ1) is 32.4. The molecule has 1 fully saturated rings. The number of carboxylic acids is 1. The molecule has 0 aromatic carbocycles. The van der Waals surface area contributed by atoms with Gasteiger partial charge in [-0.2, -0.15) is 0 Å². The molecule has 1 aromatic heterocycles. The Balaban J connectivity index is 1.30. The molecule has 0 bridgehead atoms. The Hall–Kier alpha value is -2.08. The molecule has 7 unspecified atom stereocenters. The van der Waals surface area contributed by atoms with Crippen LogP contribution in [0.25, 0.3) is 0 Å². The van der Waals surface area contributed by atoms with Crippen molar-refractivity contribution in [2.75, 3.05) is 59.1 Å². The highest BCUT2D eigenvalue weighted by molar-refractivity contribution is 8.14. The van der Waals surface area contributed by atoms with Crippen molar-refractivity contribution in [3.63, 3.8) is 0 Å². The number of carboxylic acid groups (broad SMARTS) is 1. The highest BCUT2D eigenvalue weighted by Crippen LogP contribution is 2.34. The summed E-state index contributed by atoms with van der Waals surface area (Å²) >= 11 is 1.22. The van der Waals surface area contributed by atoms with Gasteiger partial charge in [0.2, 0.25) is 0 Å². The average molecular weight is 591 g/mol.